The lowest BCUT2D eigenvalue weighted by atomic mass is 10.7. The van der Waals surface area contributed by atoms with E-state index in [4.69, 9.17) is 5.26 Å². The molecule has 0 aromatic rings. The molecule has 0 radical (unpaired) electrons. The van der Waals surface area contributed by atoms with Crippen molar-refractivity contribution < 1.29 is 0 Å². The van der Waals surface area contributed by atoms with Crippen molar-refractivity contribution in [1.29, 1.82) is 5.26 Å². The normalized spacial score (nSPS) is 8.00. The molecule has 0 aromatic carbocycles. The summed E-state index contributed by atoms with van der Waals surface area (Å²) in [5, 5.41) is 7.72. The number of nitrogens with zero attached hydrogens (tertiary/aromatic N) is 1. The third-order valence-electron chi connectivity index (χ3n) is 0.171. The van der Waals surface area contributed by atoms with Gasteiger partial charge in [-0.1, -0.05) is 5.82 Å². The van der Waals surface area contributed by atoms with Gasteiger partial charge in [0.1, 0.15) is 0 Å². The molecule has 0 bridgehead atoms. The van der Waals surface area contributed by atoms with Crippen molar-refractivity contribution in [1.82, 2.24) is 0 Å². The van der Waals surface area contributed by atoms with Crippen molar-refractivity contribution in [2.45, 2.75) is 0 Å². The monoisotopic (exact) mass is 85.0 g/mol. The van der Waals surface area contributed by atoms with Gasteiger partial charge in [0.15, 0.2) is 0 Å². The fourth-order valence-corrected chi connectivity index (χ4v) is 0.129. The molecule has 0 saturated heterocycles. The Kier molecular flexibility index (Phi) is 3.41. The fraction of sp³-hybridized carbons (Fsp3) is 0. The molecule has 0 spiro atoms. The van der Waals surface area contributed by atoms with E-state index in [1.165, 1.54) is 6.08 Å². The minimum atomic E-state index is 1.39. The third-order valence-corrected chi connectivity index (χ3v) is 0.363. The van der Waals surface area contributed by atoms with Gasteiger partial charge in [-0.2, -0.15) is 5.26 Å². The maximum absolute atomic E-state index is 7.72. The van der Waals surface area contributed by atoms with E-state index in [0.29, 0.717) is 0 Å². The average molecular weight is 85.0 g/mol. The Bertz CT molecular complexity index is 69.5. The molecule has 0 N–H and O–H groups in total. The zero-order chi connectivity index (χ0) is 4.12. The second kappa shape index (κ2) is 3.66. The zero-order valence-electron chi connectivity index (χ0n) is 2.68. The van der Waals surface area contributed by atoms with E-state index in [2.05, 4.69) is 9.24 Å². The van der Waals surface area contributed by atoms with Gasteiger partial charge in [0.05, 0.1) is 6.07 Å². The van der Waals surface area contributed by atoms with Crippen LogP contribution in [-0.2, 0) is 0 Å². The van der Waals surface area contributed by atoms with Crippen LogP contribution in [0, 0.1) is 11.3 Å². The average Bonchev–Trinajstić information content (AvgIpc) is 1.41. The molecule has 5 heavy (non-hydrogen) atoms. The summed E-state index contributed by atoms with van der Waals surface area (Å²) in [7, 11) is 2.30. The van der Waals surface area contributed by atoms with Crippen molar-refractivity contribution in [3.63, 3.8) is 0 Å². The van der Waals surface area contributed by atoms with Crippen LogP contribution >= 0.6 is 9.24 Å². The molecule has 0 amide bonds. The lowest BCUT2D eigenvalue weighted by molar-refractivity contribution is 1.54. The van der Waals surface area contributed by atoms with Gasteiger partial charge in [0, 0.05) is 6.08 Å². The highest BCUT2D eigenvalue weighted by Crippen LogP contribution is 1.77. The summed E-state index contributed by atoms with van der Waals surface area (Å²) in [5.41, 5.74) is 0. The van der Waals surface area contributed by atoms with Gasteiger partial charge in [-0.25, -0.2) is 0 Å². The second-order valence-corrected chi connectivity index (χ2v) is 0.873. The predicted octanol–water partition coefficient (Wildman–Crippen LogP) is 0.899. The van der Waals surface area contributed by atoms with Crippen molar-refractivity contribution in [3.05, 3.63) is 11.9 Å². The highest BCUT2D eigenvalue weighted by atomic mass is 31.0. The van der Waals surface area contributed by atoms with E-state index in [-0.39, 0.29) is 0 Å². The van der Waals surface area contributed by atoms with Crippen LogP contribution in [0.3, 0.4) is 0 Å². The topological polar surface area (TPSA) is 23.8 Å². The molecular formula is C3H4NP. The lowest BCUT2D eigenvalue weighted by Gasteiger charge is -1.48. The van der Waals surface area contributed by atoms with Crippen LogP contribution in [0.5, 0.6) is 0 Å². The Balaban J connectivity index is 3.04. The predicted molar refractivity (Wildman–Crippen MR) is 24.5 cm³/mol. The molecular weight excluding hydrogens is 81.0 g/mol. The molecule has 2 heteroatoms. The fourth-order valence-electron chi connectivity index (χ4n) is 0.0430. The Hall–Kier alpha value is -0.340. The first-order valence-corrected chi connectivity index (χ1v) is 1.85. The van der Waals surface area contributed by atoms with Gasteiger partial charge in [0.2, 0.25) is 0 Å². The highest BCUT2D eigenvalue weighted by Gasteiger charge is 1.45. The van der Waals surface area contributed by atoms with Crippen molar-refractivity contribution in [2.75, 3.05) is 0 Å². The first kappa shape index (κ1) is 4.66. The number of hydrogen-bond acceptors (Lipinski definition) is 1. The second-order valence-electron chi connectivity index (χ2n) is 0.488. The largest absolute Gasteiger partial charge is 0.193 e. The number of allylic oxidation sites excluding steroid dienone is 1. The summed E-state index contributed by atoms with van der Waals surface area (Å²) in [4.78, 5) is 0. The summed E-state index contributed by atoms with van der Waals surface area (Å²) in [6, 6.07) is 1.82. The van der Waals surface area contributed by atoms with Crippen LogP contribution in [-0.4, -0.2) is 0 Å². The SMILES string of the molecule is N#C/C=C/P. The van der Waals surface area contributed by atoms with Crippen molar-refractivity contribution in [3.8, 4) is 6.07 Å². The van der Waals surface area contributed by atoms with E-state index in [9.17, 15) is 0 Å². The van der Waals surface area contributed by atoms with E-state index in [1.54, 1.807) is 5.82 Å². The Labute approximate surface area is 33.5 Å². The van der Waals surface area contributed by atoms with Gasteiger partial charge < -0.3 is 0 Å². The molecule has 0 fully saturated rings. The smallest absolute Gasteiger partial charge is 0.0912 e. The molecule has 0 aromatic heterocycles. The summed E-state index contributed by atoms with van der Waals surface area (Å²) < 4.78 is 0. The Morgan fingerprint density at radius 3 is 2.40 bits per heavy atom. The summed E-state index contributed by atoms with van der Waals surface area (Å²) >= 11 is 0. The number of hydrogen-bond donors (Lipinski definition) is 0. The van der Waals surface area contributed by atoms with Crippen LogP contribution in [0.4, 0.5) is 0 Å². The van der Waals surface area contributed by atoms with E-state index >= 15 is 0 Å². The van der Waals surface area contributed by atoms with Crippen LogP contribution in [0.25, 0.3) is 0 Å². The number of rotatable bonds is 0. The van der Waals surface area contributed by atoms with Crippen molar-refractivity contribution >= 4 is 9.24 Å². The maximum Gasteiger partial charge on any atom is 0.0912 e. The Morgan fingerprint density at radius 2 is 2.40 bits per heavy atom. The van der Waals surface area contributed by atoms with Gasteiger partial charge in [-0.05, 0) is 0 Å². The van der Waals surface area contributed by atoms with Crippen LogP contribution in [0.15, 0.2) is 11.9 Å². The minimum Gasteiger partial charge on any atom is -0.193 e. The van der Waals surface area contributed by atoms with Gasteiger partial charge in [-0.3, -0.25) is 0 Å². The van der Waals surface area contributed by atoms with Gasteiger partial charge in [0.25, 0.3) is 0 Å². The molecule has 0 aliphatic heterocycles. The van der Waals surface area contributed by atoms with E-state index < -0.39 is 0 Å². The summed E-state index contributed by atoms with van der Waals surface area (Å²) in [5.74, 6) is 1.61. The quantitative estimate of drug-likeness (QED) is 0.316. The lowest BCUT2D eigenvalue weighted by Crippen LogP contribution is -1.30. The molecule has 1 unspecified atom stereocenters. The summed E-state index contributed by atoms with van der Waals surface area (Å²) in [6.07, 6.45) is 1.39. The zero-order valence-corrected chi connectivity index (χ0v) is 3.83. The van der Waals surface area contributed by atoms with Gasteiger partial charge in [-0.15, -0.1) is 9.24 Å². The van der Waals surface area contributed by atoms with E-state index in [1.807, 2.05) is 6.07 Å². The molecule has 0 aliphatic rings. The molecule has 0 aliphatic carbocycles. The number of nitriles is 1. The first-order chi connectivity index (χ1) is 2.41. The maximum atomic E-state index is 7.72. The summed E-state index contributed by atoms with van der Waals surface area (Å²) in [6.45, 7) is 0. The first-order valence-electron chi connectivity index (χ1n) is 1.18. The molecule has 0 rings (SSSR count). The van der Waals surface area contributed by atoms with Crippen LogP contribution in [0.1, 0.15) is 0 Å². The molecule has 1 atom stereocenters. The van der Waals surface area contributed by atoms with E-state index in [0.717, 1.165) is 0 Å². The van der Waals surface area contributed by atoms with Crippen LogP contribution < -0.4 is 0 Å². The van der Waals surface area contributed by atoms with Crippen molar-refractivity contribution in [2.24, 2.45) is 0 Å². The molecule has 26 valence electrons. The van der Waals surface area contributed by atoms with Crippen LogP contribution in [0.2, 0.25) is 0 Å². The molecule has 0 saturated carbocycles. The highest BCUT2D eigenvalue weighted by molar-refractivity contribution is 7.20. The Morgan fingerprint density at radius 1 is 1.80 bits per heavy atom. The minimum absolute atomic E-state index is 1.39. The third kappa shape index (κ3) is 3.66. The molecule has 0 heterocycles. The standard InChI is InChI=1S/C3H4NP/c4-2-1-3-5/h1,3H,5H2/b3-1+. The van der Waals surface area contributed by atoms with Gasteiger partial charge >= 0.3 is 0 Å². The molecule has 1 nitrogen and oxygen atoms in total.